The number of methoxy groups -OCH3 is 1. The standard InChI is InChI=1S/C14H17NO2.Al.4ClH/c1-17-12-6-5-10-3-2-4-13(14(10)7-12)11(8-15)9-16;;;;;/h2-7,11,16H,8-9,15H2,1H3;;4*1H/q;+3;;;;/p-3. The van der Waals surface area contributed by atoms with E-state index in [2.05, 4.69) is 0 Å². The summed E-state index contributed by atoms with van der Waals surface area (Å²) in [5.74, 6) is 0.796. The summed E-state index contributed by atoms with van der Waals surface area (Å²) in [5.41, 5.74) is 6.76. The third-order valence-electron chi connectivity index (χ3n) is 3.07. The molecule has 0 fully saturated rings. The van der Waals surface area contributed by atoms with Crippen LogP contribution in [0.15, 0.2) is 36.4 Å². The zero-order chi connectivity index (χ0) is 15.8. The molecule has 0 bridgehead atoms. The highest BCUT2D eigenvalue weighted by Crippen LogP contribution is 2.28. The molecule has 0 radical (unpaired) electrons. The average molecular weight is 401 g/mol. The lowest BCUT2D eigenvalue weighted by molar-refractivity contribution is 0.268. The Morgan fingerprint density at radius 3 is 2.36 bits per heavy atom. The summed E-state index contributed by atoms with van der Waals surface area (Å²) in [6.07, 6.45) is 0. The van der Waals surface area contributed by atoms with Crippen LogP contribution in [0.1, 0.15) is 11.5 Å². The van der Waals surface area contributed by atoms with Gasteiger partial charge < -0.3 is 15.6 Å². The SMILES string of the molecule is COc1ccc2cccc(C(CN)CO)c2c1.Cl.[Cl][Al]([Cl])[Cl]. The van der Waals surface area contributed by atoms with Crippen molar-refractivity contribution in [2.45, 2.75) is 5.92 Å². The molecule has 3 nitrogen and oxygen atoms in total. The van der Waals surface area contributed by atoms with Gasteiger partial charge in [0, 0.05) is 12.5 Å². The van der Waals surface area contributed by atoms with E-state index in [0.29, 0.717) is 6.54 Å². The first-order valence-corrected chi connectivity index (χ1v) is 11.6. The van der Waals surface area contributed by atoms with E-state index in [1.807, 2.05) is 36.4 Å². The zero-order valence-electron chi connectivity index (χ0n) is 12.0. The highest BCUT2D eigenvalue weighted by molar-refractivity contribution is 7.54. The van der Waals surface area contributed by atoms with E-state index >= 15 is 0 Å². The summed E-state index contributed by atoms with van der Waals surface area (Å²) in [7, 11) is 16.5. The fraction of sp³-hybridized carbons (Fsp3) is 0.286. The van der Waals surface area contributed by atoms with Gasteiger partial charge in [-0.15, -0.1) is 12.4 Å². The number of halogens is 4. The van der Waals surface area contributed by atoms with Crippen LogP contribution in [0, 0.1) is 0 Å². The van der Waals surface area contributed by atoms with E-state index in [1.54, 1.807) is 7.11 Å². The Labute approximate surface area is 153 Å². The lowest BCUT2D eigenvalue weighted by Crippen LogP contribution is -2.16. The molecule has 0 amide bonds. The summed E-state index contributed by atoms with van der Waals surface area (Å²) in [6, 6.07) is 12.0. The van der Waals surface area contributed by atoms with E-state index in [0.717, 1.165) is 22.1 Å². The molecule has 22 heavy (non-hydrogen) atoms. The van der Waals surface area contributed by atoms with E-state index in [1.165, 1.54) is 0 Å². The molecule has 2 rings (SSSR count). The predicted octanol–water partition coefficient (Wildman–Crippen LogP) is 3.99. The van der Waals surface area contributed by atoms with Crippen molar-refractivity contribution in [3.63, 3.8) is 0 Å². The van der Waals surface area contributed by atoms with Gasteiger partial charge in [0.2, 0.25) is 0 Å². The average Bonchev–Trinajstić information content (AvgIpc) is 2.47. The molecule has 1 atom stereocenters. The summed E-state index contributed by atoms with van der Waals surface area (Å²) < 4.78 is 5.23. The molecule has 0 saturated heterocycles. The van der Waals surface area contributed by atoms with Gasteiger partial charge in [-0.3, -0.25) is 0 Å². The van der Waals surface area contributed by atoms with Gasteiger partial charge in [-0.1, -0.05) is 24.3 Å². The number of aliphatic hydroxyl groups is 1. The number of fused-ring (bicyclic) bond motifs is 1. The van der Waals surface area contributed by atoms with Crippen LogP contribution < -0.4 is 10.5 Å². The topological polar surface area (TPSA) is 55.5 Å². The zero-order valence-corrected chi connectivity index (χ0v) is 16.2. The van der Waals surface area contributed by atoms with Gasteiger partial charge in [0.1, 0.15) is 5.75 Å². The van der Waals surface area contributed by atoms with Gasteiger partial charge in [0.25, 0.3) is 0 Å². The molecule has 0 aliphatic carbocycles. The smallest absolute Gasteiger partial charge is 0.497 e. The summed E-state index contributed by atoms with van der Waals surface area (Å²) >= 11 is -1.72. The molecular formula is C14H18AlCl4NO2. The molecule has 0 aromatic heterocycles. The largest absolute Gasteiger partial charge is 0.643 e. The minimum atomic E-state index is -1.72. The van der Waals surface area contributed by atoms with Crippen molar-refractivity contribution in [2.24, 2.45) is 5.73 Å². The highest BCUT2D eigenvalue weighted by atomic mass is 35.8. The van der Waals surface area contributed by atoms with E-state index < -0.39 is 11.4 Å². The van der Waals surface area contributed by atoms with Crippen LogP contribution in [0.25, 0.3) is 10.8 Å². The minimum Gasteiger partial charge on any atom is -0.497 e. The molecule has 2 aromatic carbocycles. The Bertz CT molecular complexity index is 565. The number of nitrogens with two attached hydrogens (primary N) is 1. The quantitative estimate of drug-likeness (QED) is 0.762. The van der Waals surface area contributed by atoms with Crippen molar-refractivity contribution in [1.82, 2.24) is 0 Å². The maximum atomic E-state index is 9.35. The molecule has 8 heteroatoms. The van der Waals surface area contributed by atoms with E-state index in [4.69, 9.17) is 40.6 Å². The van der Waals surface area contributed by atoms with Crippen molar-refractivity contribution in [2.75, 3.05) is 20.3 Å². The molecule has 0 aliphatic rings. The van der Waals surface area contributed by atoms with Crippen LogP contribution in [-0.4, -0.2) is 36.8 Å². The van der Waals surface area contributed by atoms with Gasteiger partial charge >= 0.3 is 11.4 Å². The molecule has 0 heterocycles. The second kappa shape index (κ2) is 11.6. The first-order chi connectivity index (χ1) is 10.0. The Kier molecular flexibility index (Phi) is 11.7. The van der Waals surface area contributed by atoms with Gasteiger partial charge in [-0.2, -0.15) is 0 Å². The van der Waals surface area contributed by atoms with Crippen LogP contribution >= 0.6 is 42.6 Å². The summed E-state index contributed by atoms with van der Waals surface area (Å²) in [4.78, 5) is 0. The van der Waals surface area contributed by atoms with Crippen LogP contribution in [0.3, 0.4) is 0 Å². The maximum Gasteiger partial charge on any atom is 0.643 e. The third kappa shape index (κ3) is 6.70. The van der Waals surface area contributed by atoms with Gasteiger partial charge in [0.05, 0.1) is 13.7 Å². The molecule has 3 N–H and O–H groups in total. The molecule has 1 unspecified atom stereocenters. The van der Waals surface area contributed by atoms with Crippen molar-refractivity contribution in [1.29, 1.82) is 0 Å². The maximum absolute atomic E-state index is 9.35. The van der Waals surface area contributed by atoms with Gasteiger partial charge in [0.15, 0.2) is 0 Å². The number of aliphatic hydroxyl groups excluding tert-OH is 1. The van der Waals surface area contributed by atoms with Crippen LogP contribution in [0.2, 0.25) is 0 Å². The van der Waals surface area contributed by atoms with Crippen molar-refractivity contribution >= 4 is 64.7 Å². The summed E-state index contributed by atoms with van der Waals surface area (Å²) in [5, 5.41) is 11.6. The number of rotatable bonds is 4. The molecule has 0 spiro atoms. The van der Waals surface area contributed by atoms with Crippen molar-refractivity contribution in [3.8, 4) is 5.75 Å². The molecule has 0 aliphatic heterocycles. The van der Waals surface area contributed by atoms with Crippen molar-refractivity contribution in [3.05, 3.63) is 42.0 Å². The molecule has 122 valence electrons. The van der Waals surface area contributed by atoms with Crippen LogP contribution in [0.5, 0.6) is 5.75 Å². The monoisotopic (exact) mass is 399 g/mol. The Hall–Kier alpha value is 0.112. The highest BCUT2D eigenvalue weighted by Gasteiger charge is 2.12. The van der Waals surface area contributed by atoms with E-state index in [9.17, 15) is 5.11 Å². The van der Waals surface area contributed by atoms with Gasteiger partial charge in [-0.05, 0) is 28.5 Å². The Morgan fingerprint density at radius 2 is 1.86 bits per heavy atom. The second-order valence-corrected chi connectivity index (χ2v) is 10.7. The third-order valence-corrected chi connectivity index (χ3v) is 3.07. The number of benzene rings is 2. The van der Waals surface area contributed by atoms with Crippen LogP contribution in [0.4, 0.5) is 0 Å². The first kappa shape index (κ1) is 22.1. The minimum absolute atomic E-state index is 0. The van der Waals surface area contributed by atoms with Crippen molar-refractivity contribution < 1.29 is 9.84 Å². The molecule has 0 saturated carbocycles. The predicted molar refractivity (Wildman–Crippen MR) is 99.9 cm³/mol. The fourth-order valence-corrected chi connectivity index (χ4v) is 2.06. The molecule has 2 aromatic rings. The lowest BCUT2D eigenvalue weighted by Gasteiger charge is -2.15. The number of ether oxygens (including phenoxy) is 1. The lowest BCUT2D eigenvalue weighted by atomic mass is 9.94. The number of hydrogen-bond acceptors (Lipinski definition) is 3. The van der Waals surface area contributed by atoms with Gasteiger partial charge in [-0.25, -0.2) is 30.1 Å². The normalized spacial score (nSPS) is 11.0. The fourth-order valence-electron chi connectivity index (χ4n) is 2.06. The number of hydrogen-bond donors (Lipinski definition) is 2. The Morgan fingerprint density at radius 1 is 1.23 bits per heavy atom. The van der Waals surface area contributed by atoms with Crippen LogP contribution in [-0.2, 0) is 0 Å². The molecular weight excluding hydrogens is 383 g/mol. The Balaban J connectivity index is 0.000000791. The first-order valence-electron chi connectivity index (χ1n) is 6.33. The second-order valence-electron chi connectivity index (χ2n) is 4.30. The van der Waals surface area contributed by atoms with E-state index in [-0.39, 0.29) is 24.9 Å². The summed E-state index contributed by atoms with van der Waals surface area (Å²) in [6.45, 7) is 0.500.